The number of nitrogens with one attached hydrogen (secondary N) is 1. The van der Waals surface area contributed by atoms with E-state index < -0.39 is 6.61 Å². The summed E-state index contributed by atoms with van der Waals surface area (Å²) in [5.41, 5.74) is 0.708. The Hall–Kier alpha value is -1.69. The second-order valence-corrected chi connectivity index (χ2v) is 4.61. The average molecular weight is 284 g/mol. The number of carbonyl (C=O) groups is 1. The van der Waals surface area contributed by atoms with Crippen molar-refractivity contribution in [3.63, 3.8) is 0 Å². The molecule has 110 valence electrons. The summed E-state index contributed by atoms with van der Waals surface area (Å²) in [5, 5.41) is 3.16. The number of anilines is 1. The SMILES string of the molecule is CCNC1CCCN(c2ccc(OC(F)F)cc2)C1=O. The van der Waals surface area contributed by atoms with Crippen molar-refractivity contribution in [1.29, 1.82) is 0 Å². The van der Waals surface area contributed by atoms with E-state index in [1.165, 1.54) is 12.1 Å². The van der Waals surface area contributed by atoms with Gasteiger partial charge in [0, 0.05) is 12.2 Å². The van der Waals surface area contributed by atoms with E-state index >= 15 is 0 Å². The molecule has 0 radical (unpaired) electrons. The Morgan fingerprint density at radius 2 is 2.10 bits per heavy atom. The Kier molecular flexibility index (Phi) is 4.89. The van der Waals surface area contributed by atoms with Crippen LogP contribution in [-0.2, 0) is 4.79 Å². The van der Waals surface area contributed by atoms with Crippen LogP contribution in [0.3, 0.4) is 0 Å². The second-order valence-electron chi connectivity index (χ2n) is 4.61. The van der Waals surface area contributed by atoms with E-state index in [1.54, 1.807) is 17.0 Å². The molecule has 1 saturated heterocycles. The third-order valence-corrected chi connectivity index (χ3v) is 3.26. The van der Waals surface area contributed by atoms with Crippen LogP contribution in [0.4, 0.5) is 14.5 Å². The number of halogens is 2. The van der Waals surface area contributed by atoms with Crippen molar-refractivity contribution in [2.75, 3.05) is 18.0 Å². The van der Waals surface area contributed by atoms with Gasteiger partial charge in [0.2, 0.25) is 5.91 Å². The number of rotatable bonds is 5. The molecule has 1 aromatic carbocycles. The van der Waals surface area contributed by atoms with Gasteiger partial charge in [-0.1, -0.05) is 6.92 Å². The van der Waals surface area contributed by atoms with Crippen LogP contribution < -0.4 is 15.0 Å². The highest BCUT2D eigenvalue weighted by molar-refractivity contribution is 5.97. The van der Waals surface area contributed by atoms with E-state index in [-0.39, 0.29) is 17.7 Å². The van der Waals surface area contributed by atoms with Gasteiger partial charge in [0.1, 0.15) is 5.75 Å². The molecule has 1 aliphatic heterocycles. The number of hydrogen-bond donors (Lipinski definition) is 1. The van der Waals surface area contributed by atoms with Crippen molar-refractivity contribution in [1.82, 2.24) is 5.32 Å². The monoisotopic (exact) mass is 284 g/mol. The van der Waals surface area contributed by atoms with E-state index in [2.05, 4.69) is 10.1 Å². The second kappa shape index (κ2) is 6.65. The van der Waals surface area contributed by atoms with Gasteiger partial charge in [-0.3, -0.25) is 4.79 Å². The molecule has 2 rings (SSSR count). The fourth-order valence-electron chi connectivity index (χ4n) is 2.37. The van der Waals surface area contributed by atoms with E-state index in [4.69, 9.17) is 0 Å². The average Bonchev–Trinajstić information content (AvgIpc) is 2.42. The van der Waals surface area contributed by atoms with Crippen molar-refractivity contribution < 1.29 is 18.3 Å². The van der Waals surface area contributed by atoms with Crippen molar-refractivity contribution in [3.8, 4) is 5.75 Å². The maximum absolute atomic E-state index is 12.3. The zero-order valence-corrected chi connectivity index (χ0v) is 11.3. The van der Waals surface area contributed by atoms with Crippen molar-refractivity contribution >= 4 is 11.6 Å². The Labute approximate surface area is 116 Å². The number of alkyl halides is 2. The molecule has 6 heteroatoms. The maximum Gasteiger partial charge on any atom is 0.387 e. The van der Waals surface area contributed by atoms with Gasteiger partial charge in [0.15, 0.2) is 0 Å². The molecule has 1 heterocycles. The molecule has 0 bridgehead atoms. The van der Waals surface area contributed by atoms with E-state index in [0.717, 1.165) is 19.4 Å². The molecule has 1 N–H and O–H groups in total. The van der Waals surface area contributed by atoms with Crippen molar-refractivity contribution in [2.45, 2.75) is 32.4 Å². The number of carbonyl (C=O) groups excluding carboxylic acids is 1. The van der Waals surface area contributed by atoms with Crippen molar-refractivity contribution in [3.05, 3.63) is 24.3 Å². The Morgan fingerprint density at radius 1 is 1.40 bits per heavy atom. The number of amides is 1. The van der Waals surface area contributed by atoms with Crippen LogP contribution in [0.15, 0.2) is 24.3 Å². The summed E-state index contributed by atoms with van der Waals surface area (Å²) in [6, 6.07) is 6.00. The summed E-state index contributed by atoms with van der Waals surface area (Å²) < 4.78 is 28.5. The summed E-state index contributed by atoms with van der Waals surface area (Å²) >= 11 is 0. The molecule has 20 heavy (non-hydrogen) atoms. The Bertz CT molecular complexity index is 449. The fourth-order valence-corrected chi connectivity index (χ4v) is 2.37. The summed E-state index contributed by atoms with van der Waals surface area (Å²) in [4.78, 5) is 14.0. The lowest BCUT2D eigenvalue weighted by molar-refractivity contribution is -0.121. The zero-order chi connectivity index (χ0) is 14.5. The highest BCUT2D eigenvalue weighted by Crippen LogP contribution is 2.24. The first-order valence-electron chi connectivity index (χ1n) is 6.71. The molecule has 1 amide bonds. The smallest absolute Gasteiger partial charge is 0.387 e. The first-order chi connectivity index (χ1) is 9.61. The van der Waals surface area contributed by atoms with Gasteiger partial charge >= 0.3 is 6.61 Å². The molecular formula is C14H18F2N2O2. The highest BCUT2D eigenvalue weighted by atomic mass is 19.3. The molecular weight excluding hydrogens is 266 g/mol. The molecule has 0 saturated carbocycles. The van der Waals surface area contributed by atoms with Gasteiger partial charge in [0.25, 0.3) is 0 Å². The largest absolute Gasteiger partial charge is 0.435 e. The molecule has 0 aromatic heterocycles. The first-order valence-corrected chi connectivity index (χ1v) is 6.71. The van der Waals surface area contributed by atoms with Gasteiger partial charge in [0.05, 0.1) is 6.04 Å². The van der Waals surface area contributed by atoms with E-state index in [0.29, 0.717) is 12.2 Å². The molecule has 0 spiro atoms. The minimum atomic E-state index is -2.84. The molecule has 1 fully saturated rings. The number of benzene rings is 1. The number of likely N-dealkylation sites (N-methyl/N-ethyl adjacent to an activating group) is 1. The summed E-state index contributed by atoms with van der Waals surface area (Å²) in [5.74, 6) is 0.122. The lowest BCUT2D eigenvalue weighted by Gasteiger charge is -2.32. The van der Waals surface area contributed by atoms with Crippen LogP contribution in [0.25, 0.3) is 0 Å². The van der Waals surface area contributed by atoms with Crippen LogP contribution in [-0.4, -0.2) is 31.7 Å². The van der Waals surface area contributed by atoms with Gasteiger partial charge < -0.3 is 15.0 Å². The predicted octanol–water partition coefficient (Wildman–Crippen LogP) is 2.39. The normalized spacial score (nSPS) is 19.5. The zero-order valence-electron chi connectivity index (χ0n) is 11.3. The first kappa shape index (κ1) is 14.7. The van der Waals surface area contributed by atoms with Crippen LogP contribution in [0, 0.1) is 0 Å². The van der Waals surface area contributed by atoms with Crippen LogP contribution in [0.2, 0.25) is 0 Å². The van der Waals surface area contributed by atoms with E-state index in [9.17, 15) is 13.6 Å². The molecule has 1 aliphatic rings. The van der Waals surface area contributed by atoms with E-state index in [1.807, 2.05) is 6.92 Å². The Balaban J connectivity index is 2.08. The third kappa shape index (κ3) is 3.45. The Morgan fingerprint density at radius 3 is 2.70 bits per heavy atom. The predicted molar refractivity (Wildman–Crippen MR) is 72.1 cm³/mol. The summed E-state index contributed by atoms with van der Waals surface area (Å²) in [7, 11) is 0. The molecule has 1 atom stereocenters. The quantitative estimate of drug-likeness (QED) is 0.902. The molecule has 1 aromatic rings. The van der Waals surface area contributed by atoms with Crippen LogP contribution in [0.5, 0.6) is 5.75 Å². The lowest BCUT2D eigenvalue weighted by atomic mass is 10.0. The van der Waals surface area contributed by atoms with Crippen LogP contribution in [0.1, 0.15) is 19.8 Å². The highest BCUT2D eigenvalue weighted by Gasteiger charge is 2.28. The number of nitrogens with zero attached hydrogens (tertiary/aromatic N) is 1. The minimum Gasteiger partial charge on any atom is -0.435 e. The number of hydrogen-bond acceptors (Lipinski definition) is 3. The third-order valence-electron chi connectivity index (χ3n) is 3.26. The number of piperidine rings is 1. The van der Waals surface area contributed by atoms with Gasteiger partial charge in [-0.05, 0) is 43.7 Å². The fraction of sp³-hybridized carbons (Fsp3) is 0.500. The lowest BCUT2D eigenvalue weighted by Crippen LogP contribution is -2.50. The molecule has 0 aliphatic carbocycles. The van der Waals surface area contributed by atoms with Crippen LogP contribution >= 0.6 is 0 Å². The van der Waals surface area contributed by atoms with Gasteiger partial charge in [-0.25, -0.2) is 0 Å². The van der Waals surface area contributed by atoms with Gasteiger partial charge in [-0.2, -0.15) is 8.78 Å². The number of ether oxygens (including phenoxy) is 1. The maximum atomic E-state index is 12.3. The molecule has 1 unspecified atom stereocenters. The topological polar surface area (TPSA) is 41.6 Å². The summed E-state index contributed by atoms with van der Waals surface area (Å²) in [6.07, 6.45) is 1.74. The summed E-state index contributed by atoms with van der Waals surface area (Å²) in [6.45, 7) is 0.514. The minimum absolute atomic E-state index is 0.0284. The van der Waals surface area contributed by atoms with Gasteiger partial charge in [-0.15, -0.1) is 0 Å². The standard InChI is InChI=1S/C14H18F2N2O2/c1-2-17-12-4-3-9-18(13(12)19)10-5-7-11(8-6-10)20-14(15)16/h5-8,12,14,17H,2-4,9H2,1H3. The molecule has 4 nitrogen and oxygen atoms in total. The van der Waals surface area contributed by atoms with Crippen molar-refractivity contribution in [2.24, 2.45) is 0 Å².